The van der Waals surface area contributed by atoms with E-state index in [0.717, 1.165) is 0 Å². The summed E-state index contributed by atoms with van der Waals surface area (Å²) in [5.41, 5.74) is -0.811. The standard InChI is InChI=1S/C8H3ClF3N3/c9-7-6-4(1-2-13-7)15-5(3-14-6)8(10,11)12/h1-3H. The van der Waals surface area contributed by atoms with E-state index in [9.17, 15) is 13.2 Å². The predicted octanol–water partition coefficient (Wildman–Crippen LogP) is 2.70. The first kappa shape index (κ1) is 10.1. The van der Waals surface area contributed by atoms with Crippen LogP contribution in [-0.4, -0.2) is 15.0 Å². The molecule has 78 valence electrons. The molecule has 0 aromatic carbocycles. The highest BCUT2D eigenvalue weighted by Crippen LogP contribution is 2.28. The highest BCUT2D eigenvalue weighted by atomic mass is 35.5. The summed E-state index contributed by atoms with van der Waals surface area (Å²) in [5.74, 6) is 0. The molecule has 2 heterocycles. The van der Waals surface area contributed by atoms with Crippen LogP contribution in [0.15, 0.2) is 18.5 Å². The first-order valence-corrected chi connectivity index (χ1v) is 4.21. The van der Waals surface area contributed by atoms with Crippen LogP contribution < -0.4 is 0 Å². The number of halogens is 4. The molecule has 2 rings (SSSR count). The van der Waals surface area contributed by atoms with E-state index >= 15 is 0 Å². The number of fused-ring (bicyclic) bond motifs is 1. The quantitative estimate of drug-likeness (QED) is 0.657. The lowest BCUT2D eigenvalue weighted by atomic mass is 10.3. The summed E-state index contributed by atoms with van der Waals surface area (Å²) in [6.07, 6.45) is -2.59. The van der Waals surface area contributed by atoms with Crippen molar-refractivity contribution >= 4 is 22.6 Å². The molecule has 3 nitrogen and oxygen atoms in total. The van der Waals surface area contributed by atoms with Crippen LogP contribution >= 0.6 is 11.6 Å². The molecule has 0 atom stereocenters. The van der Waals surface area contributed by atoms with Crippen LogP contribution in [-0.2, 0) is 6.18 Å². The van der Waals surface area contributed by atoms with Crippen molar-refractivity contribution in [3.8, 4) is 0 Å². The molecule has 0 aliphatic rings. The van der Waals surface area contributed by atoms with Gasteiger partial charge in [0.15, 0.2) is 10.8 Å². The largest absolute Gasteiger partial charge is 0.434 e. The second-order valence-electron chi connectivity index (χ2n) is 2.72. The number of aromatic nitrogens is 3. The van der Waals surface area contributed by atoms with Crippen LogP contribution in [0.3, 0.4) is 0 Å². The SMILES string of the molecule is FC(F)(F)c1cnc2c(Cl)nccc2n1. The molecular weight excluding hydrogens is 231 g/mol. The van der Waals surface area contributed by atoms with E-state index in [0.29, 0.717) is 6.20 Å². The molecule has 0 bridgehead atoms. The van der Waals surface area contributed by atoms with E-state index in [1.807, 2.05) is 0 Å². The van der Waals surface area contributed by atoms with Gasteiger partial charge in [-0.2, -0.15) is 13.2 Å². The van der Waals surface area contributed by atoms with Crippen LogP contribution in [0.1, 0.15) is 5.69 Å². The van der Waals surface area contributed by atoms with E-state index in [1.54, 1.807) is 0 Å². The molecule has 0 aliphatic heterocycles. The Labute approximate surface area is 86.9 Å². The fourth-order valence-electron chi connectivity index (χ4n) is 1.05. The number of alkyl halides is 3. The number of pyridine rings is 1. The number of hydrogen-bond donors (Lipinski definition) is 0. The van der Waals surface area contributed by atoms with Crippen molar-refractivity contribution in [1.29, 1.82) is 0 Å². The van der Waals surface area contributed by atoms with E-state index in [4.69, 9.17) is 11.6 Å². The minimum absolute atomic E-state index is 0.0359. The van der Waals surface area contributed by atoms with Gasteiger partial charge in [-0.25, -0.2) is 15.0 Å². The molecule has 0 unspecified atom stereocenters. The Hall–Kier alpha value is -1.43. The fraction of sp³-hybridized carbons (Fsp3) is 0.125. The Bertz CT molecular complexity index is 512. The Morgan fingerprint density at radius 1 is 1.20 bits per heavy atom. The molecule has 0 radical (unpaired) electrons. The topological polar surface area (TPSA) is 38.7 Å². The van der Waals surface area contributed by atoms with Gasteiger partial charge in [0, 0.05) is 6.20 Å². The molecule has 0 saturated carbocycles. The van der Waals surface area contributed by atoms with Crippen molar-refractivity contribution in [3.05, 3.63) is 29.3 Å². The van der Waals surface area contributed by atoms with Crippen molar-refractivity contribution in [2.75, 3.05) is 0 Å². The summed E-state index contributed by atoms with van der Waals surface area (Å²) in [6, 6.07) is 1.32. The number of hydrogen-bond acceptors (Lipinski definition) is 3. The van der Waals surface area contributed by atoms with Crippen LogP contribution in [0.25, 0.3) is 11.0 Å². The Morgan fingerprint density at radius 3 is 2.60 bits per heavy atom. The first-order valence-electron chi connectivity index (χ1n) is 3.83. The molecule has 2 aromatic heterocycles. The third-order valence-corrected chi connectivity index (χ3v) is 1.98. The molecule has 0 saturated heterocycles. The first-order chi connectivity index (χ1) is 6.98. The van der Waals surface area contributed by atoms with Crippen LogP contribution in [0.2, 0.25) is 5.15 Å². The van der Waals surface area contributed by atoms with Gasteiger partial charge >= 0.3 is 6.18 Å². The summed E-state index contributed by atoms with van der Waals surface area (Å²) in [6.45, 7) is 0. The Kier molecular flexibility index (Phi) is 2.22. The maximum Gasteiger partial charge on any atom is 0.434 e. The molecule has 7 heteroatoms. The molecule has 0 N–H and O–H groups in total. The molecule has 0 fully saturated rings. The molecule has 0 aliphatic carbocycles. The van der Waals surface area contributed by atoms with Crippen molar-refractivity contribution in [1.82, 2.24) is 15.0 Å². The summed E-state index contributed by atoms with van der Waals surface area (Å²) >= 11 is 5.63. The minimum Gasteiger partial charge on any atom is -0.249 e. The lowest BCUT2D eigenvalue weighted by Crippen LogP contribution is -2.08. The summed E-state index contributed by atoms with van der Waals surface area (Å²) < 4.78 is 36.8. The van der Waals surface area contributed by atoms with Crippen molar-refractivity contribution in [2.24, 2.45) is 0 Å². The van der Waals surface area contributed by atoms with Gasteiger partial charge < -0.3 is 0 Å². The van der Waals surface area contributed by atoms with Crippen molar-refractivity contribution < 1.29 is 13.2 Å². The second-order valence-corrected chi connectivity index (χ2v) is 3.08. The highest BCUT2D eigenvalue weighted by Gasteiger charge is 2.33. The summed E-state index contributed by atoms with van der Waals surface area (Å²) in [7, 11) is 0. The van der Waals surface area contributed by atoms with Crippen LogP contribution in [0, 0.1) is 0 Å². The van der Waals surface area contributed by atoms with E-state index < -0.39 is 11.9 Å². The third-order valence-electron chi connectivity index (χ3n) is 1.71. The molecule has 0 spiro atoms. The molecular formula is C8H3ClF3N3. The zero-order valence-corrected chi connectivity index (χ0v) is 7.84. The van der Waals surface area contributed by atoms with Gasteiger partial charge in [0.25, 0.3) is 0 Å². The van der Waals surface area contributed by atoms with Gasteiger partial charge in [0.05, 0.1) is 11.7 Å². The lowest BCUT2D eigenvalue weighted by Gasteiger charge is -2.05. The van der Waals surface area contributed by atoms with Gasteiger partial charge in [0.2, 0.25) is 0 Å². The van der Waals surface area contributed by atoms with Crippen molar-refractivity contribution in [2.45, 2.75) is 6.18 Å². The predicted molar refractivity (Wildman–Crippen MR) is 47.3 cm³/mol. The van der Waals surface area contributed by atoms with Gasteiger partial charge in [-0.3, -0.25) is 0 Å². The highest BCUT2D eigenvalue weighted by molar-refractivity contribution is 6.33. The third kappa shape index (κ3) is 1.85. The smallest absolute Gasteiger partial charge is 0.249 e. The van der Waals surface area contributed by atoms with Gasteiger partial charge in [-0.1, -0.05) is 11.6 Å². The van der Waals surface area contributed by atoms with E-state index in [1.165, 1.54) is 12.3 Å². The zero-order chi connectivity index (χ0) is 11.1. The Balaban J connectivity index is 2.68. The Morgan fingerprint density at radius 2 is 1.93 bits per heavy atom. The number of nitrogens with zero attached hydrogens (tertiary/aromatic N) is 3. The van der Waals surface area contributed by atoms with E-state index in [2.05, 4.69) is 15.0 Å². The normalized spacial score (nSPS) is 12.0. The van der Waals surface area contributed by atoms with E-state index in [-0.39, 0.29) is 16.2 Å². The zero-order valence-electron chi connectivity index (χ0n) is 7.09. The summed E-state index contributed by atoms with van der Waals surface area (Å²) in [4.78, 5) is 10.6. The average molecular weight is 234 g/mol. The molecule has 0 amide bonds. The van der Waals surface area contributed by atoms with Crippen LogP contribution in [0.4, 0.5) is 13.2 Å². The fourth-order valence-corrected chi connectivity index (χ4v) is 1.25. The lowest BCUT2D eigenvalue weighted by molar-refractivity contribution is -0.141. The second kappa shape index (κ2) is 3.30. The maximum absolute atomic E-state index is 12.3. The maximum atomic E-state index is 12.3. The number of rotatable bonds is 0. The molecule has 2 aromatic rings. The van der Waals surface area contributed by atoms with Crippen molar-refractivity contribution in [3.63, 3.8) is 0 Å². The van der Waals surface area contributed by atoms with Gasteiger partial charge in [0.1, 0.15) is 5.52 Å². The minimum atomic E-state index is -4.50. The van der Waals surface area contributed by atoms with Gasteiger partial charge in [-0.05, 0) is 6.07 Å². The van der Waals surface area contributed by atoms with Gasteiger partial charge in [-0.15, -0.1) is 0 Å². The molecule has 15 heavy (non-hydrogen) atoms. The monoisotopic (exact) mass is 233 g/mol. The van der Waals surface area contributed by atoms with Crippen LogP contribution in [0.5, 0.6) is 0 Å². The summed E-state index contributed by atoms with van der Waals surface area (Å²) in [5, 5.41) is 0.0359. The average Bonchev–Trinajstić information content (AvgIpc) is 2.16.